The lowest BCUT2D eigenvalue weighted by Gasteiger charge is -2.47. The van der Waals surface area contributed by atoms with E-state index >= 15 is 0 Å². The van der Waals surface area contributed by atoms with Crippen LogP contribution < -0.4 is 10.6 Å². The number of ether oxygens (including phenoxy) is 1. The van der Waals surface area contributed by atoms with E-state index in [-0.39, 0.29) is 71.6 Å². The average molecular weight is 764 g/mol. The number of halogens is 4. The highest BCUT2D eigenvalue weighted by molar-refractivity contribution is 7.89. The monoisotopic (exact) mass is 762 g/mol. The normalized spacial score (nSPS) is 19.8. The molecule has 2 amide bonds. The molecule has 2 fully saturated rings. The van der Waals surface area contributed by atoms with Crippen LogP contribution in [0.15, 0.2) is 65.8 Å². The lowest BCUT2D eigenvalue weighted by atomic mass is 9.97. The van der Waals surface area contributed by atoms with E-state index in [1.165, 1.54) is 41.6 Å². The van der Waals surface area contributed by atoms with E-state index in [1.54, 1.807) is 31.2 Å². The Morgan fingerprint density at radius 2 is 1.71 bits per heavy atom. The zero-order chi connectivity index (χ0) is 37.0. The van der Waals surface area contributed by atoms with Gasteiger partial charge >= 0.3 is 5.97 Å². The van der Waals surface area contributed by atoms with Crippen molar-refractivity contribution in [3.05, 3.63) is 87.7 Å². The highest BCUT2D eigenvalue weighted by Crippen LogP contribution is 2.41. The first kappa shape index (κ1) is 38.0. The third-order valence-corrected chi connectivity index (χ3v) is 11.3. The lowest BCUT2D eigenvalue weighted by Crippen LogP contribution is -2.69. The molecule has 12 nitrogen and oxygen atoms in total. The van der Waals surface area contributed by atoms with Gasteiger partial charge in [-0.05, 0) is 55.7 Å². The number of carbonyl (C=O) groups is 3. The van der Waals surface area contributed by atoms with Crippen molar-refractivity contribution >= 4 is 56.7 Å². The molecule has 1 aromatic heterocycles. The number of likely N-dealkylation sites (tertiary alicyclic amines) is 1. The van der Waals surface area contributed by atoms with Crippen LogP contribution in [0.25, 0.3) is 0 Å². The summed E-state index contributed by atoms with van der Waals surface area (Å²) in [5.74, 6) is -5.22. The number of hydrogen-bond donors (Lipinski definition) is 2. The summed E-state index contributed by atoms with van der Waals surface area (Å²) in [6.07, 6.45) is 1.49. The van der Waals surface area contributed by atoms with E-state index in [2.05, 4.69) is 15.6 Å². The van der Waals surface area contributed by atoms with Gasteiger partial charge in [0.2, 0.25) is 10.0 Å². The van der Waals surface area contributed by atoms with Crippen LogP contribution >= 0.6 is 23.2 Å². The molecule has 2 aliphatic rings. The number of amides is 2. The fraction of sp³-hybridized carbons (Fsp3) is 0.382. The van der Waals surface area contributed by atoms with Crippen molar-refractivity contribution in [1.29, 1.82) is 5.26 Å². The zero-order valence-corrected chi connectivity index (χ0v) is 29.7. The van der Waals surface area contributed by atoms with E-state index in [0.717, 1.165) is 4.31 Å². The zero-order valence-electron chi connectivity index (χ0n) is 27.4. The number of esters is 1. The first-order valence-electron chi connectivity index (χ1n) is 16.0. The van der Waals surface area contributed by atoms with Gasteiger partial charge in [-0.2, -0.15) is 9.57 Å². The predicted molar refractivity (Wildman–Crippen MR) is 184 cm³/mol. The largest absolute Gasteiger partial charge is 0.464 e. The average Bonchev–Trinajstić information content (AvgIpc) is 3.56. The molecule has 270 valence electrons. The molecule has 0 spiro atoms. The van der Waals surface area contributed by atoms with Gasteiger partial charge in [-0.3, -0.25) is 19.5 Å². The Morgan fingerprint density at radius 3 is 2.33 bits per heavy atom. The van der Waals surface area contributed by atoms with Crippen LogP contribution in [0.4, 0.5) is 14.5 Å². The topological polar surface area (TPSA) is 162 Å². The molecule has 3 heterocycles. The van der Waals surface area contributed by atoms with Crippen LogP contribution in [0.3, 0.4) is 0 Å². The number of hydrogen-bond acceptors (Lipinski definition) is 9. The third-order valence-electron chi connectivity index (χ3n) is 8.84. The van der Waals surface area contributed by atoms with Crippen molar-refractivity contribution < 1.29 is 36.3 Å². The molecule has 2 aromatic carbocycles. The molecule has 0 radical (unpaired) electrons. The molecule has 5 rings (SSSR count). The number of nitrogens with zero attached hydrogens (tertiary/aromatic N) is 4. The van der Waals surface area contributed by atoms with E-state index in [4.69, 9.17) is 27.9 Å². The maximum Gasteiger partial charge on any atom is 0.328 e. The van der Waals surface area contributed by atoms with Gasteiger partial charge in [-0.1, -0.05) is 41.4 Å². The minimum Gasteiger partial charge on any atom is -0.464 e. The summed E-state index contributed by atoms with van der Waals surface area (Å²) in [6, 6.07) is 12.3. The van der Waals surface area contributed by atoms with E-state index in [0.29, 0.717) is 11.3 Å². The summed E-state index contributed by atoms with van der Waals surface area (Å²) in [5.41, 5.74) is -0.915. The van der Waals surface area contributed by atoms with Crippen LogP contribution in [0.2, 0.25) is 10.0 Å². The summed E-state index contributed by atoms with van der Waals surface area (Å²) in [7, 11) is -4.45. The number of benzene rings is 2. The van der Waals surface area contributed by atoms with E-state index in [9.17, 15) is 36.8 Å². The van der Waals surface area contributed by atoms with Gasteiger partial charge in [0.1, 0.15) is 6.04 Å². The van der Waals surface area contributed by atoms with Crippen LogP contribution in [-0.4, -0.2) is 84.3 Å². The van der Waals surface area contributed by atoms with Crippen LogP contribution in [0.1, 0.15) is 54.1 Å². The summed E-state index contributed by atoms with van der Waals surface area (Å²) in [5, 5.41) is 14.9. The molecule has 0 aliphatic carbocycles. The first-order chi connectivity index (χ1) is 24.2. The molecular weight excluding hydrogens is 729 g/mol. The number of anilines is 1. The number of piperidine rings is 1. The number of nitriles is 1. The molecule has 2 atom stereocenters. The maximum absolute atomic E-state index is 14.5. The van der Waals surface area contributed by atoms with Gasteiger partial charge in [0, 0.05) is 57.0 Å². The smallest absolute Gasteiger partial charge is 0.328 e. The quantitative estimate of drug-likeness (QED) is 0.256. The standard InChI is InChI=1S/C34H34Cl2F2N6O6S/c1-2-50-31(46)28(18-22-7-9-24(10-8-22)41-30(45)29-26(35)20-40-21-27(29)36)42-32(47)34(43-15-12-33(37,38)13-16-43)11-4-14-44(34)51(48,49)25-6-3-5-23(17-25)19-39/h3,5-10,17,20-21,28H,2,4,11-16,18H2,1H3,(H,41,45)(H,42,47). The Morgan fingerprint density at radius 1 is 1.04 bits per heavy atom. The summed E-state index contributed by atoms with van der Waals surface area (Å²) in [4.78, 5) is 45.7. The highest BCUT2D eigenvalue weighted by atomic mass is 35.5. The second kappa shape index (κ2) is 15.6. The van der Waals surface area contributed by atoms with Gasteiger partial charge in [-0.15, -0.1) is 0 Å². The molecule has 3 aromatic rings. The first-order valence-corrected chi connectivity index (χ1v) is 18.2. The summed E-state index contributed by atoms with van der Waals surface area (Å²) in [6.45, 7) is 0.909. The molecule has 2 aliphatic heterocycles. The van der Waals surface area contributed by atoms with Gasteiger partial charge < -0.3 is 15.4 Å². The van der Waals surface area contributed by atoms with Gasteiger partial charge in [-0.25, -0.2) is 22.0 Å². The minimum atomic E-state index is -4.45. The Bertz CT molecular complexity index is 1930. The number of rotatable bonds is 11. The fourth-order valence-corrected chi connectivity index (χ4v) is 8.71. The van der Waals surface area contributed by atoms with E-state index < -0.39 is 58.3 Å². The van der Waals surface area contributed by atoms with Gasteiger partial charge in [0.15, 0.2) is 5.66 Å². The Hall–Kier alpha value is -4.20. The van der Waals surface area contributed by atoms with Gasteiger partial charge in [0.25, 0.3) is 17.7 Å². The lowest BCUT2D eigenvalue weighted by molar-refractivity contribution is -0.154. The van der Waals surface area contributed by atoms with Crippen molar-refractivity contribution in [3.8, 4) is 6.07 Å². The predicted octanol–water partition coefficient (Wildman–Crippen LogP) is 5.01. The number of pyridine rings is 1. The third kappa shape index (κ3) is 8.15. The van der Waals surface area contributed by atoms with Crippen LogP contribution in [0, 0.1) is 11.3 Å². The van der Waals surface area contributed by atoms with Gasteiger partial charge in [0.05, 0.1) is 38.7 Å². The van der Waals surface area contributed by atoms with Crippen molar-refractivity contribution in [3.63, 3.8) is 0 Å². The van der Waals surface area contributed by atoms with Crippen molar-refractivity contribution in [2.75, 3.05) is 31.6 Å². The van der Waals surface area contributed by atoms with Crippen molar-refractivity contribution in [2.24, 2.45) is 0 Å². The van der Waals surface area contributed by atoms with E-state index in [1.807, 2.05) is 6.07 Å². The molecule has 51 heavy (non-hydrogen) atoms. The number of sulfonamides is 1. The number of carbonyl (C=O) groups excluding carboxylic acids is 3. The van der Waals surface area contributed by atoms with Crippen molar-refractivity contribution in [2.45, 2.75) is 61.6 Å². The Labute approximate surface area is 303 Å². The highest BCUT2D eigenvalue weighted by Gasteiger charge is 2.58. The van der Waals surface area contributed by atoms with Crippen LogP contribution in [0.5, 0.6) is 0 Å². The molecule has 2 N–H and O–H groups in total. The molecular formula is C34H34Cl2F2N6O6S. The second-order valence-electron chi connectivity index (χ2n) is 12.1. The molecule has 2 unspecified atom stereocenters. The summed E-state index contributed by atoms with van der Waals surface area (Å²) < 4.78 is 63.3. The fourth-order valence-electron chi connectivity index (χ4n) is 6.33. The molecule has 0 bridgehead atoms. The maximum atomic E-state index is 14.5. The Kier molecular flexibility index (Phi) is 11.6. The molecule has 2 saturated heterocycles. The molecule has 0 saturated carbocycles. The minimum absolute atomic E-state index is 0.0155. The number of aromatic nitrogens is 1. The van der Waals surface area contributed by atoms with Crippen LogP contribution in [-0.2, 0) is 30.8 Å². The molecule has 17 heteroatoms. The number of alkyl halides is 2. The summed E-state index contributed by atoms with van der Waals surface area (Å²) >= 11 is 12.2. The Balaban J connectivity index is 1.43. The number of nitrogens with one attached hydrogen (secondary N) is 2. The SMILES string of the molecule is CCOC(=O)C(Cc1ccc(NC(=O)c2c(Cl)cncc2Cl)cc1)NC(=O)C1(N2CCC(F)(F)CC2)CCCN1S(=O)(=O)c1cccc(C#N)c1. The second-order valence-corrected chi connectivity index (χ2v) is 14.8. The van der Waals surface area contributed by atoms with Crippen molar-refractivity contribution in [1.82, 2.24) is 19.5 Å².